The standard InChI is InChI=1S/C25H26N2O4/c1-17-5-7-20(8-6-17)15-27-19(3)23(18(2)26-27)13-14-25(29)31-16-24(28)21-9-11-22(30-4)12-10-21/h5-14H,15-16H2,1-4H3/b14-13+. The predicted molar refractivity (Wildman–Crippen MR) is 119 cm³/mol. The van der Waals surface area contributed by atoms with Crippen molar-refractivity contribution in [1.29, 1.82) is 0 Å². The molecule has 0 N–H and O–H groups in total. The van der Waals surface area contributed by atoms with Gasteiger partial charge in [-0.1, -0.05) is 29.8 Å². The molecule has 0 amide bonds. The maximum absolute atomic E-state index is 12.2. The monoisotopic (exact) mass is 418 g/mol. The minimum atomic E-state index is -0.577. The van der Waals surface area contributed by atoms with Gasteiger partial charge in [-0.2, -0.15) is 5.10 Å². The molecule has 2 aromatic carbocycles. The Morgan fingerprint density at radius 1 is 1.00 bits per heavy atom. The van der Waals surface area contributed by atoms with Gasteiger partial charge in [0, 0.05) is 22.9 Å². The molecule has 31 heavy (non-hydrogen) atoms. The van der Waals surface area contributed by atoms with Crippen molar-refractivity contribution in [3.05, 3.63) is 88.2 Å². The molecular formula is C25H26N2O4. The summed E-state index contributed by atoms with van der Waals surface area (Å²) in [6, 6.07) is 15.0. The Morgan fingerprint density at radius 3 is 2.32 bits per heavy atom. The molecule has 6 nitrogen and oxygen atoms in total. The van der Waals surface area contributed by atoms with Crippen molar-refractivity contribution in [1.82, 2.24) is 9.78 Å². The van der Waals surface area contributed by atoms with Crippen molar-refractivity contribution in [2.45, 2.75) is 27.3 Å². The van der Waals surface area contributed by atoms with E-state index in [1.165, 1.54) is 11.6 Å². The summed E-state index contributed by atoms with van der Waals surface area (Å²) in [5.41, 5.74) is 5.47. The number of carbonyl (C=O) groups is 2. The molecule has 0 saturated carbocycles. The van der Waals surface area contributed by atoms with Crippen molar-refractivity contribution >= 4 is 17.8 Å². The van der Waals surface area contributed by atoms with Crippen molar-refractivity contribution in [3.8, 4) is 5.75 Å². The maximum Gasteiger partial charge on any atom is 0.331 e. The van der Waals surface area contributed by atoms with Gasteiger partial charge in [0.25, 0.3) is 0 Å². The number of hydrogen-bond donors (Lipinski definition) is 0. The van der Waals surface area contributed by atoms with Crippen molar-refractivity contribution in [3.63, 3.8) is 0 Å². The number of esters is 1. The quantitative estimate of drug-likeness (QED) is 0.310. The van der Waals surface area contributed by atoms with Crippen LogP contribution in [0.2, 0.25) is 0 Å². The van der Waals surface area contributed by atoms with E-state index in [-0.39, 0.29) is 12.4 Å². The van der Waals surface area contributed by atoms with Gasteiger partial charge >= 0.3 is 5.97 Å². The number of ketones is 1. The van der Waals surface area contributed by atoms with E-state index >= 15 is 0 Å². The van der Waals surface area contributed by atoms with E-state index in [9.17, 15) is 9.59 Å². The van der Waals surface area contributed by atoms with Crippen molar-refractivity contribution < 1.29 is 19.1 Å². The molecule has 0 atom stereocenters. The van der Waals surface area contributed by atoms with Crippen molar-refractivity contribution in [2.75, 3.05) is 13.7 Å². The normalized spacial score (nSPS) is 11.0. The van der Waals surface area contributed by atoms with Crippen LogP contribution >= 0.6 is 0 Å². The fourth-order valence-electron chi connectivity index (χ4n) is 3.17. The molecule has 0 unspecified atom stereocenters. The lowest BCUT2D eigenvalue weighted by atomic mass is 10.1. The minimum absolute atomic E-state index is 0.275. The molecule has 3 aromatic rings. The number of ether oxygens (including phenoxy) is 2. The zero-order valence-corrected chi connectivity index (χ0v) is 18.2. The number of methoxy groups -OCH3 is 1. The van der Waals surface area contributed by atoms with E-state index in [1.807, 2.05) is 18.5 Å². The molecule has 0 fully saturated rings. The average molecular weight is 418 g/mol. The van der Waals surface area contributed by atoms with Crippen LogP contribution in [0.15, 0.2) is 54.6 Å². The number of benzene rings is 2. The summed E-state index contributed by atoms with van der Waals surface area (Å²) in [5, 5.41) is 4.58. The highest BCUT2D eigenvalue weighted by molar-refractivity contribution is 5.99. The van der Waals surface area contributed by atoms with E-state index in [1.54, 1.807) is 37.5 Å². The zero-order chi connectivity index (χ0) is 22.4. The van der Waals surface area contributed by atoms with Crippen LogP contribution in [-0.4, -0.2) is 35.2 Å². The van der Waals surface area contributed by atoms with Crippen LogP contribution < -0.4 is 4.74 Å². The molecule has 0 saturated heterocycles. The zero-order valence-electron chi connectivity index (χ0n) is 18.2. The summed E-state index contributed by atoms with van der Waals surface area (Å²) in [5.74, 6) is -0.195. The molecule has 0 aliphatic heterocycles. The van der Waals surface area contributed by atoms with E-state index in [2.05, 4.69) is 36.3 Å². The molecule has 160 valence electrons. The number of Topliss-reactive ketones (excluding diaryl/α,β-unsaturated/α-hetero) is 1. The fraction of sp³-hybridized carbons (Fsp3) is 0.240. The van der Waals surface area contributed by atoms with Gasteiger partial charge in [0.15, 0.2) is 12.4 Å². The number of aromatic nitrogens is 2. The summed E-state index contributed by atoms with van der Waals surface area (Å²) >= 11 is 0. The first kappa shape index (κ1) is 22.0. The number of hydrogen-bond acceptors (Lipinski definition) is 5. The Balaban J connectivity index is 1.60. The third-order valence-electron chi connectivity index (χ3n) is 5.03. The third-order valence-corrected chi connectivity index (χ3v) is 5.03. The Kier molecular flexibility index (Phi) is 7.03. The number of rotatable bonds is 8. The molecule has 3 rings (SSSR count). The smallest absolute Gasteiger partial charge is 0.331 e. The van der Waals surface area contributed by atoms with Crippen LogP contribution in [-0.2, 0) is 16.1 Å². The molecule has 0 bridgehead atoms. The Bertz CT molecular complexity index is 1090. The van der Waals surface area contributed by atoms with Gasteiger partial charge in [0.1, 0.15) is 5.75 Å². The molecule has 1 heterocycles. The van der Waals surface area contributed by atoms with Crippen LogP contribution in [0.4, 0.5) is 0 Å². The summed E-state index contributed by atoms with van der Waals surface area (Å²) in [7, 11) is 1.56. The summed E-state index contributed by atoms with van der Waals surface area (Å²) in [4.78, 5) is 24.3. The third kappa shape index (κ3) is 5.69. The van der Waals surface area contributed by atoms with Gasteiger partial charge in [0.05, 0.1) is 19.3 Å². The molecular weight excluding hydrogens is 392 g/mol. The lowest BCUT2D eigenvalue weighted by Crippen LogP contribution is -2.12. The lowest BCUT2D eigenvalue weighted by Gasteiger charge is -2.05. The van der Waals surface area contributed by atoms with E-state index in [0.29, 0.717) is 17.9 Å². The first-order valence-corrected chi connectivity index (χ1v) is 9.99. The highest BCUT2D eigenvalue weighted by Crippen LogP contribution is 2.17. The Morgan fingerprint density at radius 2 is 1.68 bits per heavy atom. The highest BCUT2D eigenvalue weighted by Gasteiger charge is 2.12. The van der Waals surface area contributed by atoms with E-state index in [4.69, 9.17) is 9.47 Å². The van der Waals surface area contributed by atoms with E-state index in [0.717, 1.165) is 22.5 Å². The molecule has 0 radical (unpaired) electrons. The Labute approximate surface area is 182 Å². The molecule has 1 aromatic heterocycles. The molecule has 0 aliphatic rings. The Hall–Kier alpha value is -3.67. The van der Waals surface area contributed by atoms with Crippen LogP contribution in [0, 0.1) is 20.8 Å². The molecule has 0 spiro atoms. The summed E-state index contributed by atoms with van der Waals surface area (Å²) in [6.45, 7) is 6.25. The molecule has 0 aliphatic carbocycles. The first-order valence-electron chi connectivity index (χ1n) is 9.99. The SMILES string of the molecule is COc1ccc(C(=O)COC(=O)/C=C/c2c(C)nn(Cc3ccc(C)cc3)c2C)cc1. The van der Waals surface area contributed by atoms with Gasteiger partial charge in [-0.15, -0.1) is 0 Å². The number of aryl methyl sites for hydroxylation is 2. The lowest BCUT2D eigenvalue weighted by molar-refractivity contribution is -0.136. The topological polar surface area (TPSA) is 70.4 Å². The second-order valence-electron chi connectivity index (χ2n) is 7.32. The molecule has 6 heteroatoms. The van der Waals surface area contributed by atoms with Gasteiger partial charge in [-0.3, -0.25) is 9.48 Å². The first-order chi connectivity index (χ1) is 14.9. The second-order valence-corrected chi connectivity index (χ2v) is 7.32. The van der Waals surface area contributed by atoms with Gasteiger partial charge in [0.2, 0.25) is 0 Å². The van der Waals surface area contributed by atoms with Crippen molar-refractivity contribution in [2.24, 2.45) is 0 Å². The summed E-state index contributed by atoms with van der Waals surface area (Å²) in [6.07, 6.45) is 3.01. The van der Waals surface area contributed by atoms with Crippen LogP contribution in [0.5, 0.6) is 5.75 Å². The van der Waals surface area contributed by atoms with Gasteiger partial charge in [-0.25, -0.2) is 4.79 Å². The maximum atomic E-state index is 12.2. The number of carbonyl (C=O) groups excluding carboxylic acids is 2. The summed E-state index contributed by atoms with van der Waals surface area (Å²) < 4.78 is 12.1. The van der Waals surface area contributed by atoms with E-state index < -0.39 is 5.97 Å². The van der Waals surface area contributed by atoms with Crippen LogP contribution in [0.25, 0.3) is 6.08 Å². The van der Waals surface area contributed by atoms with Gasteiger partial charge < -0.3 is 9.47 Å². The second kappa shape index (κ2) is 9.89. The van der Waals surface area contributed by atoms with Crippen LogP contribution in [0.3, 0.4) is 0 Å². The number of nitrogens with zero attached hydrogens (tertiary/aromatic N) is 2. The average Bonchev–Trinajstić information content (AvgIpc) is 3.04. The fourth-order valence-corrected chi connectivity index (χ4v) is 3.17. The van der Waals surface area contributed by atoms with Crippen LogP contribution in [0.1, 0.15) is 38.4 Å². The predicted octanol–water partition coefficient (Wildman–Crippen LogP) is 4.30. The highest BCUT2D eigenvalue weighted by atomic mass is 16.5. The van der Waals surface area contributed by atoms with Gasteiger partial charge in [-0.05, 0) is 56.7 Å². The minimum Gasteiger partial charge on any atom is -0.497 e. The largest absolute Gasteiger partial charge is 0.497 e.